The van der Waals surface area contributed by atoms with Crippen molar-refractivity contribution in [3.8, 4) is 0 Å². The van der Waals surface area contributed by atoms with Gasteiger partial charge < -0.3 is 9.62 Å². The summed E-state index contributed by atoms with van der Waals surface area (Å²) in [4.78, 5) is 18.3. The lowest BCUT2D eigenvalue weighted by molar-refractivity contribution is 0.0500. The largest absolute Gasteiger partial charge is 0.326 e. The quantitative estimate of drug-likeness (QED) is 0.328. The summed E-state index contributed by atoms with van der Waals surface area (Å²) in [6.07, 6.45) is 3.02. The third-order valence-electron chi connectivity index (χ3n) is 5.31. The van der Waals surface area contributed by atoms with E-state index in [9.17, 15) is 9.18 Å². The van der Waals surface area contributed by atoms with E-state index in [0.29, 0.717) is 11.5 Å². The number of fused-ring (bicyclic) bond motifs is 1. The number of aromatic nitrogens is 1. The summed E-state index contributed by atoms with van der Waals surface area (Å²) < 4.78 is 18.4. The van der Waals surface area contributed by atoms with Crippen molar-refractivity contribution < 1.29 is 9.18 Å². The van der Waals surface area contributed by atoms with Gasteiger partial charge >= 0.3 is 0 Å². The number of anilines is 1. The number of para-hydroxylation sites is 1. The average Bonchev–Trinajstić information content (AvgIpc) is 3.24. The molecule has 0 amide bonds. The highest BCUT2D eigenvalue weighted by atomic mass is 32.2. The van der Waals surface area contributed by atoms with Crippen molar-refractivity contribution in [1.29, 1.82) is 0 Å². The number of hydrogen-bond donors (Lipinski definition) is 1. The number of hydrogen-bond acceptors (Lipinski definition) is 6. The number of carbonyl (C=O) groups is 1. The van der Waals surface area contributed by atoms with Gasteiger partial charge in [0.25, 0.3) is 0 Å². The second-order valence-electron chi connectivity index (χ2n) is 8.45. The second-order valence-corrected chi connectivity index (χ2v) is 10.2. The molecule has 0 aliphatic carbocycles. The van der Waals surface area contributed by atoms with Gasteiger partial charge in [-0.2, -0.15) is 0 Å². The van der Waals surface area contributed by atoms with Crippen molar-refractivity contribution in [2.75, 3.05) is 24.9 Å². The first-order valence-electron chi connectivity index (χ1n) is 10.6. The molecule has 0 radical (unpaired) electrons. The third kappa shape index (κ3) is 7.02. The minimum absolute atomic E-state index is 0.485. The maximum absolute atomic E-state index is 14.0. The Morgan fingerprint density at radius 2 is 1.94 bits per heavy atom. The maximum Gasteiger partial charge on any atom is 0.150 e. The van der Waals surface area contributed by atoms with E-state index in [1.807, 2.05) is 29.8 Å². The molecule has 1 N–H and O–H groups in total. The number of alkyl halides is 1. The van der Waals surface area contributed by atoms with Crippen LogP contribution >= 0.6 is 23.3 Å². The lowest BCUT2D eigenvalue weighted by atomic mass is 9.86. The molecule has 1 saturated heterocycles. The molecule has 0 spiro atoms. The van der Waals surface area contributed by atoms with E-state index in [4.69, 9.17) is 0 Å². The van der Waals surface area contributed by atoms with Gasteiger partial charge in [0.15, 0.2) is 0 Å². The molecule has 7 heteroatoms. The van der Waals surface area contributed by atoms with Crippen LogP contribution < -0.4 is 4.72 Å². The van der Waals surface area contributed by atoms with Gasteiger partial charge in [-0.3, -0.25) is 4.79 Å². The zero-order chi connectivity index (χ0) is 22.3. The van der Waals surface area contributed by atoms with E-state index < -0.39 is 5.67 Å². The summed E-state index contributed by atoms with van der Waals surface area (Å²) in [5.41, 5.74) is 3.66. The SMILES string of the molecule is CC(C)CC1(F)CCN(C)CC1.O=Cc1ccc(NSc2cccc3scnc23)cc1. The van der Waals surface area contributed by atoms with E-state index in [2.05, 4.69) is 41.6 Å². The molecule has 2 aromatic carbocycles. The van der Waals surface area contributed by atoms with Crippen LogP contribution in [0.25, 0.3) is 10.2 Å². The molecule has 4 rings (SSSR count). The number of thiazole rings is 1. The fraction of sp³-hybridized carbons (Fsp3) is 0.417. The lowest BCUT2D eigenvalue weighted by Crippen LogP contribution is -2.40. The van der Waals surface area contributed by atoms with Crippen molar-refractivity contribution in [3.63, 3.8) is 0 Å². The molecule has 1 fully saturated rings. The Morgan fingerprint density at radius 1 is 1.23 bits per heavy atom. The van der Waals surface area contributed by atoms with Crippen molar-refractivity contribution >= 4 is 45.5 Å². The Bertz CT molecular complexity index is 966. The summed E-state index contributed by atoms with van der Waals surface area (Å²) in [5, 5.41) is 0. The predicted octanol–water partition coefficient (Wildman–Crippen LogP) is 6.69. The number of halogens is 1. The predicted molar refractivity (Wildman–Crippen MR) is 131 cm³/mol. The molecular weight excluding hydrogens is 429 g/mol. The number of benzene rings is 2. The highest BCUT2D eigenvalue weighted by Gasteiger charge is 2.33. The van der Waals surface area contributed by atoms with Gasteiger partial charge in [0.05, 0.1) is 20.6 Å². The van der Waals surface area contributed by atoms with Crippen molar-refractivity contribution in [2.24, 2.45) is 5.92 Å². The summed E-state index contributed by atoms with van der Waals surface area (Å²) in [7, 11) is 2.06. The van der Waals surface area contributed by atoms with Crippen LogP contribution in [0.3, 0.4) is 0 Å². The maximum atomic E-state index is 14.0. The molecule has 1 aliphatic rings. The highest BCUT2D eigenvalue weighted by molar-refractivity contribution is 8.00. The van der Waals surface area contributed by atoms with Crippen LogP contribution in [-0.4, -0.2) is 42.0 Å². The molecule has 2 heterocycles. The van der Waals surface area contributed by atoms with Gasteiger partial charge in [-0.15, -0.1) is 11.3 Å². The van der Waals surface area contributed by atoms with Crippen LogP contribution in [0.1, 0.15) is 43.5 Å². The van der Waals surface area contributed by atoms with Crippen molar-refractivity contribution in [2.45, 2.75) is 43.7 Å². The molecule has 0 bridgehead atoms. The van der Waals surface area contributed by atoms with Gasteiger partial charge in [-0.05, 0) is 80.6 Å². The molecule has 4 nitrogen and oxygen atoms in total. The Kier molecular flexibility index (Phi) is 8.46. The number of nitrogens with one attached hydrogen (secondary N) is 1. The Labute approximate surface area is 192 Å². The lowest BCUT2D eigenvalue weighted by Gasteiger charge is -2.35. The highest BCUT2D eigenvalue weighted by Crippen LogP contribution is 2.32. The second kappa shape index (κ2) is 11.1. The molecule has 0 atom stereocenters. The average molecular weight is 460 g/mol. The molecule has 1 aliphatic heterocycles. The molecule has 0 saturated carbocycles. The van der Waals surface area contributed by atoms with E-state index in [-0.39, 0.29) is 0 Å². The number of piperidine rings is 1. The summed E-state index contributed by atoms with van der Waals surface area (Å²) in [6.45, 7) is 6.03. The first-order valence-corrected chi connectivity index (χ1v) is 12.3. The van der Waals surface area contributed by atoms with Gasteiger partial charge in [0, 0.05) is 24.3 Å². The summed E-state index contributed by atoms with van der Waals surface area (Å²) in [5.74, 6) is 0.485. The molecule has 31 heavy (non-hydrogen) atoms. The number of carbonyl (C=O) groups excluding carboxylic acids is 1. The van der Waals surface area contributed by atoms with Crippen LogP contribution in [0.15, 0.2) is 52.9 Å². The fourth-order valence-corrected chi connectivity index (χ4v) is 5.18. The number of aldehydes is 1. The van der Waals surface area contributed by atoms with E-state index in [1.165, 1.54) is 16.6 Å². The monoisotopic (exact) mass is 459 g/mol. The fourth-order valence-electron chi connectivity index (χ4n) is 3.64. The Balaban J connectivity index is 0.000000196. The first-order chi connectivity index (χ1) is 14.9. The van der Waals surface area contributed by atoms with Gasteiger partial charge in [0.2, 0.25) is 0 Å². The van der Waals surface area contributed by atoms with Crippen LogP contribution in [-0.2, 0) is 0 Å². The smallest absolute Gasteiger partial charge is 0.150 e. The standard InChI is InChI=1S/C14H10N2OS2.C10H20FN/c17-8-10-4-6-11(7-5-10)16-19-13-3-1-2-12-14(13)15-9-18-12;1-9(2)8-10(11)4-6-12(3)7-5-10/h1-9,16H;9H,4-8H2,1-3H3. The van der Waals surface area contributed by atoms with Crippen molar-refractivity contribution in [3.05, 3.63) is 53.5 Å². The Morgan fingerprint density at radius 3 is 2.58 bits per heavy atom. The van der Waals surface area contributed by atoms with E-state index >= 15 is 0 Å². The van der Waals surface area contributed by atoms with Gasteiger partial charge in [-0.1, -0.05) is 19.9 Å². The molecule has 1 aromatic heterocycles. The Hall–Kier alpha value is -1.96. The van der Waals surface area contributed by atoms with Gasteiger partial charge in [-0.25, -0.2) is 9.37 Å². The van der Waals surface area contributed by atoms with Gasteiger partial charge in [0.1, 0.15) is 12.0 Å². The van der Waals surface area contributed by atoms with Crippen LogP contribution in [0, 0.1) is 5.92 Å². The number of rotatable bonds is 6. The van der Waals surface area contributed by atoms with Crippen LogP contribution in [0.2, 0.25) is 0 Å². The molecule has 0 unspecified atom stereocenters. The minimum atomic E-state index is -0.860. The summed E-state index contributed by atoms with van der Waals surface area (Å²) >= 11 is 3.16. The van der Waals surface area contributed by atoms with Crippen LogP contribution in [0.4, 0.5) is 10.1 Å². The van der Waals surface area contributed by atoms with Crippen LogP contribution in [0.5, 0.6) is 0 Å². The topological polar surface area (TPSA) is 45.2 Å². The summed E-state index contributed by atoms with van der Waals surface area (Å²) in [6, 6.07) is 13.5. The normalized spacial score (nSPS) is 16.0. The van der Waals surface area contributed by atoms with E-state index in [1.54, 1.807) is 23.5 Å². The third-order valence-corrected chi connectivity index (χ3v) is 6.99. The molecule has 166 valence electrons. The first kappa shape index (κ1) is 23.7. The number of nitrogens with zero attached hydrogens (tertiary/aromatic N) is 2. The van der Waals surface area contributed by atoms with Crippen molar-refractivity contribution in [1.82, 2.24) is 9.88 Å². The molecule has 3 aromatic rings. The number of likely N-dealkylation sites (tertiary alicyclic amines) is 1. The zero-order valence-corrected chi connectivity index (χ0v) is 19.9. The van der Waals surface area contributed by atoms with E-state index in [0.717, 1.165) is 54.7 Å². The zero-order valence-electron chi connectivity index (χ0n) is 18.3. The molecular formula is C24H30FN3OS2. The minimum Gasteiger partial charge on any atom is -0.326 e.